The number of aryl methyl sites for hydroxylation is 4. The summed E-state index contributed by atoms with van der Waals surface area (Å²) in [4.78, 5) is 19.3. The number of nitrogens with one attached hydrogen (secondary N) is 1. The van der Waals surface area contributed by atoms with Gasteiger partial charge in [0.25, 0.3) is 5.56 Å². The number of imidazole rings is 1. The molecular weight excluding hydrogens is 202 g/mol. The number of H-pyrrole nitrogens is 1. The van der Waals surface area contributed by atoms with Crippen molar-refractivity contribution in [3.63, 3.8) is 0 Å². The van der Waals surface area contributed by atoms with E-state index in [0.717, 1.165) is 35.4 Å². The lowest BCUT2D eigenvalue weighted by Gasteiger charge is -2.01. The maximum Gasteiger partial charge on any atom is 0.274 e. The zero-order valence-electron chi connectivity index (χ0n) is 10.2. The van der Waals surface area contributed by atoms with Gasteiger partial charge in [-0.1, -0.05) is 6.92 Å². The third-order valence-corrected chi connectivity index (χ3v) is 3.10. The molecule has 4 heteroatoms. The van der Waals surface area contributed by atoms with Crippen molar-refractivity contribution in [3.05, 3.63) is 27.4 Å². The molecule has 1 N–H and O–H groups in total. The number of fused-ring (bicyclic) bond motifs is 1. The number of pyridine rings is 1. The lowest BCUT2D eigenvalue weighted by molar-refractivity contribution is 0.771. The zero-order chi connectivity index (χ0) is 11.9. The smallest absolute Gasteiger partial charge is 0.274 e. The molecule has 0 spiro atoms. The standard InChI is InChI=1S/C12H17N3O/c1-5-6-9-14-10-7(2)8(3)13-12(16)11(10)15(9)4/h5-6H2,1-4H3,(H,13,16). The number of hydrogen-bond donors (Lipinski definition) is 1. The molecule has 2 aromatic rings. The van der Waals surface area contributed by atoms with Crippen molar-refractivity contribution in [2.24, 2.45) is 7.05 Å². The first-order chi connectivity index (χ1) is 7.56. The van der Waals surface area contributed by atoms with Crippen LogP contribution in [0.4, 0.5) is 0 Å². The van der Waals surface area contributed by atoms with E-state index < -0.39 is 0 Å². The fraction of sp³-hybridized carbons (Fsp3) is 0.500. The van der Waals surface area contributed by atoms with Gasteiger partial charge in [0.1, 0.15) is 11.3 Å². The lowest BCUT2D eigenvalue weighted by Crippen LogP contribution is -2.12. The Morgan fingerprint density at radius 1 is 1.38 bits per heavy atom. The Kier molecular flexibility index (Phi) is 2.58. The van der Waals surface area contributed by atoms with Gasteiger partial charge in [-0.3, -0.25) is 4.79 Å². The van der Waals surface area contributed by atoms with Gasteiger partial charge < -0.3 is 9.55 Å². The van der Waals surface area contributed by atoms with Gasteiger partial charge in [-0.05, 0) is 25.8 Å². The van der Waals surface area contributed by atoms with Crippen LogP contribution in [0.15, 0.2) is 4.79 Å². The predicted molar refractivity (Wildman–Crippen MR) is 64.8 cm³/mol. The first-order valence-corrected chi connectivity index (χ1v) is 5.61. The first kappa shape index (κ1) is 10.9. The van der Waals surface area contributed by atoms with Crippen molar-refractivity contribution < 1.29 is 0 Å². The van der Waals surface area contributed by atoms with E-state index in [2.05, 4.69) is 16.9 Å². The third-order valence-electron chi connectivity index (χ3n) is 3.10. The molecular formula is C12H17N3O. The number of aromatic amines is 1. The van der Waals surface area contributed by atoms with Crippen LogP contribution in [-0.2, 0) is 13.5 Å². The molecule has 0 aliphatic rings. The van der Waals surface area contributed by atoms with Crippen molar-refractivity contribution >= 4 is 11.0 Å². The second-order valence-corrected chi connectivity index (χ2v) is 4.24. The van der Waals surface area contributed by atoms with Crippen LogP contribution in [0.1, 0.15) is 30.4 Å². The third kappa shape index (κ3) is 1.45. The quantitative estimate of drug-likeness (QED) is 0.837. The lowest BCUT2D eigenvalue weighted by atomic mass is 10.2. The zero-order valence-corrected chi connectivity index (χ0v) is 10.2. The van der Waals surface area contributed by atoms with E-state index in [0.29, 0.717) is 5.52 Å². The van der Waals surface area contributed by atoms with E-state index in [1.165, 1.54) is 0 Å². The normalized spacial score (nSPS) is 11.2. The minimum Gasteiger partial charge on any atom is -0.327 e. The van der Waals surface area contributed by atoms with Crippen molar-refractivity contribution in [2.75, 3.05) is 0 Å². The van der Waals surface area contributed by atoms with Crippen LogP contribution >= 0.6 is 0 Å². The Hall–Kier alpha value is -1.58. The summed E-state index contributed by atoms with van der Waals surface area (Å²) in [5.74, 6) is 0.983. The van der Waals surface area contributed by atoms with Gasteiger partial charge in [0.2, 0.25) is 0 Å². The van der Waals surface area contributed by atoms with Crippen LogP contribution in [0.25, 0.3) is 11.0 Å². The van der Waals surface area contributed by atoms with Crippen LogP contribution in [0.3, 0.4) is 0 Å². The van der Waals surface area contributed by atoms with E-state index in [1.807, 2.05) is 25.5 Å². The van der Waals surface area contributed by atoms with Crippen LogP contribution in [0.2, 0.25) is 0 Å². The maximum absolute atomic E-state index is 11.9. The summed E-state index contributed by atoms with van der Waals surface area (Å²) in [5, 5.41) is 0. The Balaban J connectivity index is 2.85. The first-order valence-electron chi connectivity index (χ1n) is 5.61. The second kappa shape index (κ2) is 3.77. The molecule has 2 aromatic heterocycles. The highest BCUT2D eigenvalue weighted by molar-refractivity contribution is 5.79. The highest BCUT2D eigenvalue weighted by Gasteiger charge is 2.13. The van der Waals surface area contributed by atoms with Gasteiger partial charge in [-0.15, -0.1) is 0 Å². The topological polar surface area (TPSA) is 50.7 Å². The number of aromatic nitrogens is 3. The molecule has 0 saturated heterocycles. The molecule has 2 rings (SSSR count). The van der Waals surface area contributed by atoms with Gasteiger partial charge >= 0.3 is 0 Å². The van der Waals surface area contributed by atoms with Crippen LogP contribution in [0, 0.1) is 13.8 Å². The molecule has 86 valence electrons. The van der Waals surface area contributed by atoms with Gasteiger partial charge in [0.15, 0.2) is 0 Å². The highest BCUT2D eigenvalue weighted by Crippen LogP contribution is 2.17. The van der Waals surface area contributed by atoms with Gasteiger partial charge in [-0.2, -0.15) is 0 Å². The average Bonchev–Trinajstić information content (AvgIpc) is 2.55. The summed E-state index contributed by atoms with van der Waals surface area (Å²) in [6.07, 6.45) is 1.94. The summed E-state index contributed by atoms with van der Waals surface area (Å²) in [5.41, 5.74) is 3.44. The van der Waals surface area contributed by atoms with Crippen molar-refractivity contribution in [3.8, 4) is 0 Å². The van der Waals surface area contributed by atoms with Gasteiger partial charge in [0.05, 0.1) is 5.52 Å². The van der Waals surface area contributed by atoms with Gasteiger partial charge in [-0.25, -0.2) is 4.98 Å². The molecule has 4 nitrogen and oxygen atoms in total. The Morgan fingerprint density at radius 2 is 2.06 bits per heavy atom. The Labute approximate surface area is 94.3 Å². The molecule has 0 amide bonds. The largest absolute Gasteiger partial charge is 0.327 e. The van der Waals surface area contributed by atoms with E-state index in [1.54, 1.807) is 0 Å². The summed E-state index contributed by atoms with van der Waals surface area (Å²) in [6.45, 7) is 6.02. The number of rotatable bonds is 2. The molecule has 2 heterocycles. The molecule has 16 heavy (non-hydrogen) atoms. The summed E-state index contributed by atoms with van der Waals surface area (Å²) in [6, 6.07) is 0. The fourth-order valence-electron chi connectivity index (χ4n) is 2.01. The Bertz CT molecular complexity index is 592. The minimum atomic E-state index is -0.0459. The van der Waals surface area contributed by atoms with E-state index in [9.17, 15) is 4.79 Å². The minimum absolute atomic E-state index is 0.0459. The fourth-order valence-corrected chi connectivity index (χ4v) is 2.01. The highest BCUT2D eigenvalue weighted by atomic mass is 16.1. The average molecular weight is 219 g/mol. The van der Waals surface area contributed by atoms with Gasteiger partial charge in [0, 0.05) is 19.2 Å². The van der Waals surface area contributed by atoms with Crippen molar-refractivity contribution in [2.45, 2.75) is 33.6 Å². The van der Waals surface area contributed by atoms with Crippen molar-refractivity contribution in [1.82, 2.24) is 14.5 Å². The second-order valence-electron chi connectivity index (χ2n) is 4.24. The van der Waals surface area contributed by atoms with Crippen LogP contribution < -0.4 is 5.56 Å². The van der Waals surface area contributed by atoms with Crippen molar-refractivity contribution in [1.29, 1.82) is 0 Å². The number of nitrogens with zero attached hydrogens (tertiary/aromatic N) is 2. The molecule has 0 atom stereocenters. The molecule has 0 saturated carbocycles. The molecule has 0 bridgehead atoms. The molecule has 0 radical (unpaired) electrons. The predicted octanol–water partition coefficient (Wildman–Crippen LogP) is 1.83. The Morgan fingerprint density at radius 3 is 2.69 bits per heavy atom. The molecule has 0 fully saturated rings. The van der Waals surface area contributed by atoms with E-state index >= 15 is 0 Å². The maximum atomic E-state index is 11.9. The monoisotopic (exact) mass is 219 g/mol. The number of hydrogen-bond acceptors (Lipinski definition) is 2. The van der Waals surface area contributed by atoms with Crippen LogP contribution in [-0.4, -0.2) is 14.5 Å². The molecule has 0 aromatic carbocycles. The van der Waals surface area contributed by atoms with E-state index in [4.69, 9.17) is 0 Å². The summed E-state index contributed by atoms with van der Waals surface area (Å²) in [7, 11) is 1.91. The SMILES string of the molecule is CCCc1nc2c(C)c(C)[nH]c(=O)c2n1C. The molecule has 0 unspecified atom stereocenters. The van der Waals surface area contributed by atoms with E-state index in [-0.39, 0.29) is 5.56 Å². The summed E-state index contributed by atoms with van der Waals surface area (Å²) >= 11 is 0. The summed E-state index contributed by atoms with van der Waals surface area (Å²) < 4.78 is 1.91. The molecule has 0 aliphatic heterocycles. The molecule has 0 aliphatic carbocycles. The van der Waals surface area contributed by atoms with Crippen LogP contribution in [0.5, 0.6) is 0 Å².